The Morgan fingerprint density at radius 1 is 1.33 bits per heavy atom. The van der Waals surface area contributed by atoms with E-state index in [4.69, 9.17) is 5.73 Å². The van der Waals surface area contributed by atoms with Crippen LogP contribution in [0, 0.1) is 17.7 Å². The average molecular weight is 283 g/mol. The number of amides is 1. The maximum Gasteiger partial charge on any atom is 0.254 e. The van der Waals surface area contributed by atoms with Crippen LogP contribution in [0.1, 0.15) is 21.5 Å². The Morgan fingerprint density at radius 3 is 2.90 bits per heavy atom. The number of nitrogens with two attached hydrogens (primary N) is 1. The summed E-state index contributed by atoms with van der Waals surface area (Å²) in [5.41, 5.74) is 6.96. The van der Waals surface area contributed by atoms with Gasteiger partial charge in [-0.3, -0.25) is 9.78 Å². The van der Waals surface area contributed by atoms with Crippen molar-refractivity contribution in [3.8, 4) is 11.8 Å². The zero-order chi connectivity index (χ0) is 15.1. The molecule has 2 rings (SSSR count). The third kappa shape index (κ3) is 3.88. The predicted octanol–water partition coefficient (Wildman–Crippen LogP) is 1.46. The number of aromatic nitrogens is 1. The standard InChI is InChI=1S/C16H14FN3O/c17-15-11-19-9-7-14(15)16(21)20-10-13-5-2-1-4-12(13)6-3-8-18/h1-2,4-5,7,9,11H,8,10,18H2,(H,20,21). The third-order valence-corrected chi connectivity index (χ3v) is 2.80. The van der Waals surface area contributed by atoms with Crippen molar-refractivity contribution >= 4 is 5.91 Å². The van der Waals surface area contributed by atoms with Crippen LogP contribution in [0.3, 0.4) is 0 Å². The van der Waals surface area contributed by atoms with Crippen LogP contribution in [0.15, 0.2) is 42.7 Å². The first kappa shape index (κ1) is 14.7. The lowest BCUT2D eigenvalue weighted by Gasteiger charge is -2.07. The summed E-state index contributed by atoms with van der Waals surface area (Å²) >= 11 is 0. The Morgan fingerprint density at radius 2 is 2.14 bits per heavy atom. The van der Waals surface area contributed by atoms with E-state index in [0.29, 0.717) is 0 Å². The van der Waals surface area contributed by atoms with Gasteiger partial charge < -0.3 is 11.1 Å². The van der Waals surface area contributed by atoms with E-state index in [1.165, 1.54) is 12.3 Å². The van der Waals surface area contributed by atoms with Crippen LogP contribution in [0.25, 0.3) is 0 Å². The van der Waals surface area contributed by atoms with E-state index in [1.807, 2.05) is 24.3 Å². The summed E-state index contributed by atoms with van der Waals surface area (Å²) in [4.78, 5) is 15.5. The zero-order valence-electron chi connectivity index (χ0n) is 11.3. The minimum Gasteiger partial charge on any atom is -0.348 e. The molecule has 1 heterocycles. The highest BCUT2D eigenvalue weighted by atomic mass is 19.1. The van der Waals surface area contributed by atoms with Crippen LogP contribution in [0.4, 0.5) is 4.39 Å². The van der Waals surface area contributed by atoms with Gasteiger partial charge in [0.25, 0.3) is 5.91 Å². The van der Waals surface area contributed by atoms with Crippen LogP contribution in [0.5, 0.6) is 0 Å². The SMILES string of the molecule is NCC#Cc1ccccc1CNC(=O)c1ccncc1F. The molecule has 0 unspecified atom stereocenters. The third-order valence-electron chi connectivity index (χ3n) is 2.80. The number of benzene rings is 1. The van der Waals surface area contributed by atoms with Gasteiger partial charge in [0, 0.05) is 18.3 Å². The predicted molar refractivity (Wildman–Crippen MR) is 77.7 cm³/mol. The maximum absolute atomic E-state index is 13.5. The van der Waals surface area contributed by atoms with Gasteiger partial charge in [-0.25, -0.2) is 4.39 Å². The molecule has 1 amide bonds. The maximum atomic E-state index is 13.5. The normalized spacial score (nSPS) is 9.62. The molecule has 1 aromatic carbocycles. The lowest BCUT2D eigenvalue weighted by molar-refractivity contribution is 0.0946. The van der Waals surface area contributed by atoms with Crippen molar-refractivity contribution in [1.82, 2.24) is 10.3 Å². The zero-order valence-corrected chi connectivity index (χ0v) is 11.3. The van der Waals surface area contributed by atoms with Gasteiger partial charge in [0.1, 0.15) is 0 Å². The Balaban J connectivity index is 2.10. The Hall–Kier alpha value is -2.71. The molecule has 0 fully saturated rings. The number of nitrogens with one attached hydrogen (secondary N) is 1. The van der Waals surface area contributed by atoms with Crippen molar-refractivity contribution in [1.29, 1.82) is 0 Å². The minimum atomic E-state index is -0.647. The largest absolute Gasteiger partial charge is 0.348 e. The summed E-state index contributed by atoms with van der Waals surface area (Å²) in [6.45, 7) is 0.527. The van der Waals surface area contributed by atoms with Crippen LogP contribution < -0.4 is 11.1 Å². The van der Waals surface area contributed by atoms with Crippen LogP contribution in [-0.4, -0.2) is 17.4 Å². The Bertz CT molecular complexity index is 704. The number of halogens is 1. The molecule has 0 aliphatic carbocycles. The second-order valence-electron chi connectivity index (χ2n) is 4.20. The van der Waals surface area contributed by atoms with Gasteiger partial charge >= 0.3 is 0 Å². The van der Waals surface area contributed by atoms with Crippen molar-refractivity contribution in [2.75, 3.05) is 6.54 Å². The topological polar surface area (TPSA) is 68.0 Å². The molecule has 0 radical (unpaired) electrons. The highest BCUT2D eigenvalue weighted by molar-refractivity contribution is 5.94. The Kier molecular flexibility index (Phi) is 5.02. The molecule has 21 heavy (non-hydrogen) atoms. The fourth-order valence-corrected chi connectivity index (χ4v) is 1.77. The molecule has 0 saturated carbocycles. The monoisotopic (exact) mass is 283 g/mol. The lowest BCUT2D eigenvalue weighted by Crippen LogP contribution is -2.24. The quantitative estimate of drug-likeness (QED) is 0.838. The molecule has 2 aromatic rings. The number of hydrogen-bond acceptors (Lipinski definition) is 3. The van der Waals surface area contributed by atoms with Crippen LogP contribution >= 0.6 is 0 Å². The molecule has 0 aliphatic rings. The molecule has 4 nitrogen and oxygen atoms in total. The first-order valence-corrected chi connectivity index (χ1v) is 6.37. The van der Waals surface area contributed by atoms with E-state index >= 15 is 0 Å². The van der Waals surface area contributed by atoms with E-state index < -0.39 is 11.7 Å². The van der Waals surface area contributed by atoms with Crippen LogP contribution in [0.2, 0.25) is 0 Å². The van der Waals surface area contributed by atoms with E-state index in [0.717, 1.165) is 17.3 Å². The van der Waals surface area contributed by atoms with Gasteiger partial charge in [-0.2, -0.15) is 0 Å². The van der Waals surface area contributed by atoms with E-state index in [9.17, 15) is 9.18 Å². The molecular formula is C16H14FN3O. The summed E-state index contributed by atoms with van der Waals surface area (Å²) in [6, 6.07) is 8.74. The average Bonchev–Trinajstić information content (AvgIpc) is 2.52. The number of hydrogen-bond donors (Lipinski definition) is 2. The first-order valence-electron chi connectivity index (χ1n) is 6.37. The molecule has 0 spiro atoms. The van der Waals surface area contributed by atoms with E-state index in [1.54, 1.807) is 0 Å². The molecule has 1 aromatic heterocycles. The number of carbonyl (C=O) groups excluding carboxylic acids is 1. The lowest BCUT2D eigenvalue weighted by atomic mass is 10.1. The second-order valence-corrected chi connectivity index (χ2v) is 4.20. The number of rotatable bonds is 3. The van der Waals surface area contributed by atoms with Crippen molar-refractivity contribution in [3.63, 3.8) is 0 Å². The van der Waals surface area contributed by atoms with Gasteiger partial charge in [0.05, 0.1) is 18.3 Å². The Labute approximate surface area is 122 Å². The van der Waals surface area contributed by atoms with Gasteiger partial charge in [0.15, 0.2) is 5.82 Å². The van der Waals surface area contributed by atoms with Crippen LogP contribution in [-0.2, 0) is 6.54 Å². The fraction of sp³-hybridized carbons (Fsp3) is 0.125. The minimum absolute atomic E-state index is 0.0319. The van der Waals surface area contributed by atoms with Crippen molar-refractivity contribution < 1.29 is 9.18 Å². The highest BCUT2D eigenvalue weighted by Gasteiger charge is 2.11. The second kappa shape index (κ2) is 7.17. The fourth-order valence-electron chi connectivity index (χ4n) is 1.77. The smallest absolute Gasteiger partial charge is 0.254 e. The van der Waals surface area contributed by atoms with Gasteiger partial charge in [-0.05, 0) is 17.7 Å². The molecule has 0 aliphatic heterocycles. The van der Waals surface area contributed by atoms with Gasteiger partial charge in [-0.15, -0.1) is 0 Å². The molecule has 106 valence electrons. The highest BCUT2D eigenvalue weighted by Crippen LogP contribution is 2.08. The first-order chi connectivity index (χ1) is 10.2. The summed E-state index contributed by atoms with van der Waals surface area (Å²) in [5.74, 6) is 4.57. The van der Waals surface area contributed by atoms with E-state index in [2.05, 4.69) is 22.1 Å². The number of nitrogens with zero attached hydrogens (tertiary/aromatic N) is 1. The van der Waals surface area contributed by atoms with Crippen molar-refractivity contribution in [3.05, 3.63) is 65.2 Å². The summed E-state index contributed by atoms with van der Waals surface area (Å²) in [5, 5.41) is 2.67. The molecule has 0 bridgehead atoms. The van der Waals surface area contributed by atoms with Crippen molar-refractivity contribution in [2.45, 2.75) is 6.54 Å². The molecule has 3 N–H and O–H groups in total. The molecule has 5 heteroatoms. The molecular weight excluding hydrogens is 269 g/mol. The molecule has 0 saturated heterocycles. The van der Waals surface area contributed by atoms with Gasteiger partial charge in [-0.1, -0.05) is 30.0 Å². The van der Waals surface area contributed by atoms with Gasteiger partial charge in [0.2, 0.25) is 0 Å². The summed E-state index contributed by atoms with van der Waals surface area (Å²) in [6.07, 6.45) is 2.38. The summed E-state index contributed by atoms with van der Waals surface area (Å²) in [7, 11) is 0. The number of pyridine rings is 1. The van der Waals surface area contributed by atoms with Crippen molar-refractivity contribution in [2.24, 2.45) is 5.73 Å². The summed E-state index contributed by atoms with van der Waals surface area (Å²) < 4.78 is 13.5. The molecule has 0 atom stereocenters. The van der Waals surface area contributed by atoms with E-state index in [-0.39, 0.29) is 18.7 Å². The number of carbonyl (C=O) groups is 1.